The molecule has 38 heavy (non-hydrogen) atoms. The molecule has 3 heterocycles. The molecule has 0 aromatic rings. The van der Waals surface area contributed by atoms with Crippen LogP contribution in [-0.2, 0) is 38.1 Å². The number of carbonyl (C=O) groups excluding carboxylic acids is 4. The summed E-state index contributed by atoms with van der Waals surface area (Å²) in [5.74, 6) is -1.97. The Morgan fingerprint density at radius 3 is 1.08 bits per heavy atom. The first-order valence-corrected chi connectivity index (χ1v) is 16.7. The van der Waals surface area contributed by atoms with Gasteiger partial charge in [0.1, 0.15) is 51.4 Å². The number of quaternary nitrogens is 2. The van der Waals surface area contributed by atoms with E-state index < -0.39 is 34.7 Å². The van der Waals surface area contributed by atoms with E-state index in [4.69, 9.17) is 18.9 Å². The molecule has 0 bridgehead atoms. The van der Waals surface area contributed by atoms with E-state index in [0.717, 1.165) is 35.0 Å². The van der Waals surface area contributed by atoms with Crippen LogP contribution in [0.1, 0.15) is 40.5 Å². The predicted molar refractivity (Wildman–Crippen MR) is 156 cm³/mol. The van der Waals surface area contributed by atoms with E-state index in [0.29, 0.717) is 34.9 Å². The summed E-state index contributed by atoms with van der Waals surface area (Å²) in [6.07, 6.45) is 0.803. The van der Waals surface area contributed by atoms with Gasteiger partial charge in [-0.25, -0.2) is 0 Å². The standard InChI is InChI=1S/C26H42I2N2O8/c1-5-35-21(31)25(22(32)36-6-2)13-19(15-27)29(17-25)9-11-30(12-10-29)18-26(14-20(30)16-28,23(33)37-7-3)24(34)38-8-4/h19-20H,5-18H2,1-4H3/q+2. The highest BCUT2D eigenvalue weighted by Crippen LogP contribution is 2.49. The van der Waals surface area contributed by atoms with Crippen molar-refractivity contribution in [1.29, 1.82) is 0 Å². The van der Waals surface area contributed by atoms with Crippen LogP contribution in [-0.4, -0.2) is 119 Å². The number of halogens is 2. The van der Waals surface area contributed by atoms with Crippen molar-refractivity contribution in [3.05, 3.63) is 0 Å². The topological polar surface area (TPSA) is 105 Å². The van der Waals surface area contributed by atoms with Gasteiger partial charge in [0.05, 0.1) is 35.3 Å². The number of hydrogen-bond acceptors (Lipinski definition) is 8. The smallest absolute Gasteiger partial charge is 0.329 e. The van der Waals surface area contributed by atoms with Gasteiger partial charge in [0.25, 0.3) is 0 Å². The van der Waals surface area contributed by atoms with Crippen LogP contribution in [0.15, 0.2) is 0 Å². The monoisotopic (exact) mass is 764 g/mol. The molecule has 3 fully saturated rings. The molecule has 3 aliphatic rings. The lowest BCUT2D eigenvalue weighted by atomic mass is 9.85. The number of piperazine rings is 1. The van der Waals surface area contributed by atoms with Crippen LogP contribution in [0.5, 0.6) is 0 Å². The highest BCUT2D eigenvalue weighted by atomic mass is 127. The van der Waals surface area contributed by atoms with Crippen LogP contribution < -0.4 is 0 Å². The van der Waals surface area contributed by atoms with Gasteiger partial charge in [0, 0.05) is 12.8 Å². The number of rotatable bonds is 10. The van der Waals surface area contributed by atoms with Crippen molar-refractivity contribution in [2.75, 3.05) is 74.6 Å². The van der Waals surface area contributed by atoms with Crippen molar-refractivity contribution in [3.8, 4) is 0 Å². The van der Waals surface area contributed by atoms with Crippen LogP contribution in [0.25, 0.3) is 0 Å². The third kappa shape index (κ3) is 5.44. The van der Waals surface area contributed by atoms with E-state index in [9.17, 15) is 19.2 Å². The third-order valence-electron chi connectivity index (χ3n) is 8.89. The Balaban J connectivity index is 1.93. The van der Waals surface area contributed by atoms with Crippen LogP contribution in [0.4, 0.5) is 0 Å². The lowest BCUT2D eigenvalue weighted by molar-refractivity contribution is -1.04. The van der Waals surface area contributed by atoms with E-state index in [-0.39, 0.29) is 38.5 Å². The SMILES string of the molecule is CCOC(=O)C1(C(=O)OCC)CC(CI)[N+]2(CC[N+]3(CC2)CC(C(=O)OCC)(C(=O)OCC)CC3CI)C1. The van der Waals surface area contributed by atoms with Crippen molar-refractivity contribution >= 4 is 69.1 Å². The lowest BCUT2D eigenvalue weighted by Gasteiger charge is -2.51. The number of ether oxygens (including phenoxy) is 4. The summed E-state index contributed by atoms with van der Waals surface area (Å²) in [5, 5.41) is 0. The highest BCUT2D eigenvalue weighted by molar-refractivity contribution is 14.1. The first-order valence-electron chi connectivity index (χ1n) is 13.6. The fraction of sp³-hybridized carbons (Fsp3) is 0.846. The molecule has 2 spiro atoms. The molecule has 0 aromatic heterocycles. The zero-order chi connectivity index (χ0) is 28.2. The largest absolute Gasteiger partial charge is 0.465 e. The second kappa shape index (κ2) is 12.8. The van der Waals surface area contributed by atoms with Crippen molar-refractivity contribution in [1.82, 2.24) is 0 Å². The van der Waals surface area contributed by atoms with Crippen LogP contribution >= 0.6 is 45.2 Å². The number of carbonyl (C=O) groups is 4. The van der Waals surface area contributed by atoms with Gasteiger partial charge in [-0.15, -0.1) is 0 Å². The molecule has 3 aliphatic heterocycles. The van der Waals surface area contributed by atoms with E-state index in [2.05, 4.69) is 45.2 Å². The molecule has 3 rings (SSSR count). The number of esters is 4. The fourth-order valence-corrected chi connectivity index (χ4v) is 9.25. The van der Waals surface area contributed by atoms with Gasteiger partial charge in [-0.3, -0.25) is 19.2 Å². The summed E-state index contributed by atoms with van der Waals surface area (Å²) in [4.78, 5) is 52.9. The molecule has 2 atom stereocenters. The second-order valence-electron chi connectivity index (χ2n) is 10.7. The van der Waals surface area contributed by atoms with Gasteiger partial charge in [-0.1, -0.05) is 45.2 Å². The quantitative estimate of drug-likeness (QED) is 0.0835. The highest BCUT2D eigenvalue weighted by Gasteiger charge is 2.70. The maximum absolute atomic E-state index is 13.2. The first kappa shape index (κ1) is 31.8. The maximum atomic E-state index is 13.2. The Morgan fingerprint density at radius 1 is 0.605 bits per heavy atom. The van der Waals surface area contributed by atoms with Crippen molar-refractivity contribution in [2.45, 2.75) is 52.6 Å². The minimum atomic E-state index is -1.31. The van der Waals surface area contributed by atoms with E-state index >= 15 is 0 Å². The Hall–Kier alpha value is -0.740. The van der Waals surface area contributed by atoms with Crippen molar-refractivity contribution in [2.24, 2.45) is 10.8 Å². The molecule has 10 nitrogen and oxygen atoms in total. The Kier molecular flexibility index (Phi) is 10.7. The van der Waals surface area contributed by atoms with Crippen molar-refractivity contribution < 1.29 is 47.1 Å². The molecule has 3 saturated heterocycles. The zero-order valence-electron chi connectivity index (χ0n) is 23.0. The summed E-state index contributed by atoms with van der Waals surface area (Å²) in [5.41, 5.74) is -2.62. The average Bonchev–Trinajstić information content (AvgIpc) is 3.41. The van der Waals surface area contributed by atoms with E-state index in [1.165, 1.54) is 0 Å². The van der Waals surface area contributed by atoms with Gasteiger partial charge in [-0.2, -0.15) is 0 Å². The van der Waals surface area contributed by atoms with Crippen LogP contribution in [0.2, 0.25) is 0 Å². The molecule has 0 N–H and O–H groups in total. The lowest BCUT2D eigenvalue weighted by Crippen LogP contribution is -2.71. The molecular formula is C26H42I2N2O8+2. The molecule has 0 aromatic carbocycles. The van der Waals surface area contributed by atoms with Gasteiger partial charge in [-0.05, 0) is 27.7 Å². The number of nitrogens with zero attached hydrogens (tertiary/aromatic N) is 2. The summed E-state index contributed by atoms with van der Waals surface area (Å²) in [6, 6.07) is 0.204. The average molecular weight is 764 g/mol. The Labute approximate surface area is 252 Å². The zero-order valence-corrected chi connectivity index (χ0v) is 27.3. The molecule has 0 saturated carbocycles. The van der Waals surface area contributed by atoms with E-state index in [1.807, 2.05) is 0 Å². The minimum absolute atomic E-state index is 0.102. The number of hydrogen-bond donors (Lipinski definition) is 0. The molecule has 2 unspecified atom stereocenters. The summed E-state index contributed by atoms with van der Waals surface area (Å²) in [7, 11) is 0. The minimum Gasteiger partial charge on any atom is -0.465 e. The molecule has 0 aliphatic carbocycles. The maximum Gasteiger partial charge on any atom is 0.329 e. The fourth-order valence-electron chi connectivity index (χ4n) is 6.96. The Bertz CT molecular complexity index is 798. The summed E-state index contributed by atoms with van der Waals surface area (Å²) in [6.45, 7) is 11.5. The second-order valence-corrected chi connectivity index (χ2v) is 12.5. The van der Waals surface area contributed by atoms with Crippen LogP contribution in [0, 0.1) is 10.8 Å². The first-order chi connectivity index (χ1) is 18.1. The summed E-state index contributed by atoms with van der Waals surface area (Å²) >= 11 is 4.70. The van der Waals surface area contributed by atoms with Gasteiger partial charge < -0.3 is 27.9 Å². The summed E-state index contributed by atoms with van der Waals surface area (Å²) < 4.78 is 24.5. The molecule has 12 heteroatoms. The number of alkyl halides is 2. The normalized spacial score (nSPS) is 31.2. The van der Waals surface area contributed by atoms with Crippen molar-refractivity contribution in [3.63, 3.8) is 0 Å². The third-order valence-corrected chi connectivity index (χ3v) is 10.9. The molecule has 0 radical (unpaired) electrons. The van der Waals surface area contributed by atoms with Crippen LogP contribution in [0.3, 0.4) is 0 Å². The molecule has 216 valence electrons. The predicted octanol–water partition coefficient (Wildman–Crippen LogP) is 2.27. The van der Waals surface area contributed by atoms with Gasteiger partial charge in [0.15, 0.2) is 0 Å². The van der Waals surface area contributed by atoms with Gasteiger partial charge in [0.2, 0.25) is 10.8 Å². The Morgan fingerprint density at radius 2 is 0.868 bits per heavy atom. The van der Waals surface area contributed by atoms with E-state index in [1.54, 1.807) is 27.7 Å². The molecular weight excluding hydrogens is 722 g/mol. The van der Waals surface area contributed by atoms with Gasteiger partial charge >= 0.3 is 23.9 Å². The molecule has 0 amide bonds.